The van der Waals surface area contributed by atoms with Gasteiger partial charge in [-0.1, -0.05) is 6.07 Å². The summed E-state index contributed by atoms with van der Waals surface area (Å²) in [6.45, 7) is 1.90. The fourth-order valence-electron chi connectivity index (χ4n) is 2.96. The third-order valence-corrected chi connectivity index (χ3v) is 4.35. The van der Waals surface area contributed by atoms with Gasteiger partial charge in [0.05, 0.1) is 18.7 Å². The summed E-state index contributed by atoms with van der Waals surface area (Å²) in [5.41, 5.74) is 11.3. The number of rotatable bonds is 10. The minimum absolute atomic E-state index is 0.297. The molecule has 3 aromatic rings. The van der Waals surface area contributed by atoms with Crippen LogP contribution >= 0.6 is 0 Å². The molecule has 152 valence electrons. The molecule has 0 unspecified atom stereocenters. The van der Waals surface area contributed by atoms with Crippen molar-refractivity contribution in [1.82, 2.24) is 9.97 Å². The SMILES string of the molecule is NC(=O)OCCCCOCCNc1nc2cc(C(N)=O)ccc2c2cnccc12. The minimum atomic E-state index is -0.761. The Labute approximate surface area is 167 Å². The van der Waals surface area contributed by atoms with Gasteiger partial charge in [0, 0.05) is 47.3 Å². The number of nitrogens with zero attached hydrogens (tertiary/aromatic N) is 2. The van der Waals surface area contributed by atoms with Crippen molar-refractivity contribution in [3.8, 4) is 0 Å². The number of amides is 2. The fraction of sp³-hybridized carbons (Fsp3) is 0.300. The van der Waals surface area contributed by atoms with E-state index in [4.69, 9.17) is 16.2 Å². The molecule has 29 heavy (non-hydrogen) atoms. The summed E-state index contributed by atoms with van der Waals surface area (Å²) in [5.74, 6) is 0.194. The van der Waals surface area contributed by atoms with Gasteiger partial charge in [-0.2, -0.15) is 0 Å². The first-order valence-electron chi connectivity index (χ1n) is 9.27. The number of pyridine rings is 2. The van der Waals surface area contributed by atoms with Crippen molar-refractivity contribution in [2.24, 2.45) is 11.5 Å². The first-order chi connectivity index (χ1) is 14.1. The standard InChI is InChI=1S/C20H23N5O4/c21-18(26)13-3-4-14-16-12-23-6-5-15(16)19(25-17(14)11-13)24-7-10-28-8-1-2-9-29-20(22)27/h3-6,11-12H,1-2,7-10H2,(H2,21,26)(H2,22,27)(H,24,25). The largest absolute Gasteiger partial charge is 0.450 e. The molecule has 2 heterocycles. The minimum Gasteiger partial charge on any atom is -0.450 e. The second-order valence-corrected chi connectivity index (χ2v) is 6.39. The molecule has 0 aliphatic rings. The second kappa shape index (κ2) is 9.65. The van der Waals surface area contributed by atoms with Crippen LogP contribution in [-0.2, 0) is 9.47 Å². The van der Waals surface area contributed by atoms with E-state index in [0.717, 1.165) is 22.6 Å². The van der Waals surface area contributed by atoms with E-state index in [2.05, 4.69) is 20.0 Å². The van der Waals surface area contributed by atoms with Gasteiger partial charge in [-0.3, -0.25) is 9.78 Å². The van der Waals surface area contributed by atoms with Gasteiger partial charge in [0.25, 0.3) is 0 Å². The van der Waals surface area contributed by atoms with Crippen molar-refractivity contribution < 1.29 is 19.1 Å². The smallest absolute Gasteiger partial charge is 0.404 e. The molecular weight excluding hydrogens is 374 g/mol. The molecule has 1 aromatic carbocycles. The van der Waals surface area contributed by atoms with E-state index in [1.807, 2.05) is 12.1 Å². The Morgan fingerprint density at radius 1 is 1.00 bits per heavy atom. The monoisotopic (exact) mass is 397 g/mol. The number of nitrogens with one attached hydrogen (secondary N) is 1. The van der Waals surface area contributed by atoms with Gasteiger partial charge < -0.3 is 26.3 Å². The molecule has 0 saturated heterocycles. The van der Waals surface area contributed by atoms with E-state index in [1.165, 1.54) is 0 Å². The Bertz CT molecular complexity index is 1020. The molecule has 3 rings (SSSR count). The third-order valence-electron chi connectivity index (χ3n) is 4.35. The van der Waals surface area contributed by atoms with Crippen LogP contribution in [0.1, 0.15) is 23.2 Å². The summed E-state index contributed by atoms with van der Waals surface area (Å²) < 4.78 is 10.2. The molecule has 0 aliphatic carbocycles. The number of nitrogens with two attached hydrogens (primary N) is 2. The Hall–Kier alpha value is -3.46. The normalized spacial score (nSPS) is 10.9. The quantitative estimate of drug-likeness (QED) is 0.351. The highest BCUT2D eigenvalue weighted by Crippen LogP contribution is 2.29. The van der Waals surface area contributed by atoms with Crippen LogP contribution in [-0.4, -0.2) is 48.3 Å². The molecule has 0 atom stereocenters. The Balaban J connectivity index is 1.62. The highest BCUT2D eigenvalue weighted by Gasteiger charge is 2.10. The highest BCUT2D eigenvalue weighted by molar-refractivity contribution is 6.11. The lowest BCUT2D eigenvalue weighted by atomic mass is 10.1. The topological polar surface area (TPSA) is 142 Å². The zero-order chi connectivity index (χ0) is 20.6. The van der Waals surface area contributed by atoms with Crippen LogP contribution in [0.2, 0.25) is 0 Å². The van der Waals surface area contributed by atoms with E-state index in [1.54, 1.807) is 24.5 Å². The van der Waals surface area contributed by atoms with Crippen molar-refractivity contribution in [2.45, 2.75) is 12.8 Å². The molecule has 0 fully saturated rings. The van der Waals surface area contributed by atoms with E-state index < -0.39 is 12.0 Å². The summed E-state index contributed by atoms with van der Waals surface area (Å²) in [6, 6.07) is 7.10. The number of primary amides is 2. The molecule has 0 spiro atoms. The van der Waals surface area contributed by atoms with Crippen LogP contribution in [0.15, 0.2) is 36.7 Å². The lowest BCUT2D eigenvalue weighted by Gasteiger charge is -2.12. The van der Waals surface area contributed by atoms with Crippen LogP contribution in [0.25, 0.3) is 21.7 Å². The van der Waals surface area contributed by atoms with Gasteiger partial charge in [0.1, 0.15) is 5.82 Å². The zero-order valence-corrected chi connectivity index (χ0v) is 15.9. The maximum atomic E-state index is 11.5. The summed E-state index contributed by atoms with van der Waals surface area (Å²) >= 11 is 0. The number of benzene rings is 1. The predicted octanol–water partition coefficient (Wildman–Crippen LogP) is 2.19. The van der Waals surface area contributed by atoms with Crippen molar-refractivity contribution >= 4 is 39.5 Å². The number of carbonyl (C=O) groups is 2. The summed E-state index contributed by atoms with van der Waals surface area (Å²) in [6.07, 6.45) is 4.19. The van der Waals surface area contributed by atoms with Gasteiger partial charge >= 0.3 is 6.09 Å². The fourth-order valence-corrected chi connectivity index (χ4v) is 2.96. The van der Waals surface area contributed by atoms with Crippen molar-refractivity contribution in [2.75, 3.05) is 31.7 Å². The van der Waals surface area contributed by atoms with Crippen LogP contribution in [0.3, 0.4) is 0 Å². The Kier molecular flexibility index (Phi) is 6.75. The number of anilines is 1. The van der Waals surface area contributed by atoms with E-state index in [-0.39, 0.29) is 0 Å². The summed E-state index contributed by atoms with van der Waals surface area (Å²) in [5, 5.41) is 6.05. The van der Waals surface area contributed by atoms with Crippen molar-refractivity contribution in [3.05, 3.63) is 42.2 Å². The summed E-state index contributed by atoms with van der Waals surface area (Å²) in [7, 11) is 0. The average Bonchev–Trinajstić information content (AvgIpc) is 2.71. The van der Waals surface area contributed by atoms with Crippen LogP contribution < -0.4 is 16.8 Å². The number of aromatic nitrogens is 2. The molecule has 2 amide bonds. The average molecular weight is 397 g/mol. The third kappa shape index (κ3) is 5.29. The molecule has 5 N–H and O–H groups in total. The maximum absolute atomic E-state index is 11.5. The van der Waals surface area contributed by atoms with Gasteiger partial charge in [-0.25, -0.2) is 9.78 Å². The predicted molar refractivity (Wildman–Crippen MR) is 110 cm³/mol. The zero-order valence-electron chi connectivity index (χ0n) is 15.9. The van der Waals surface area contributed by atoms with Crippen molar-refractivity contribution in [3.63, 3.8) is 0 Å². The van der Waals surface area contributed by atoms with Gasteiger partial charge in [-0.15, -0.1) is 0 Å². The number of hydrogen-bond acceptors (Lipinski definition) is 7. The Morgan fingerprint density at radius 2 is 1.83 bits per heavy atom. The lowest BCUT2D eigenvalue weighted by Crippen LogP contribution is -2.14. The van der Waals surface area contributed by atoms with Crippen molar-refractivity contribution in [1.29, 1.82) is 0 Å². The maximum Gasteiger partial charge on any atom is 0.404 e. The van der Waals surface area contributed by atoms with E-state index >= 15 is 0 Å². The van der Waals surface area contributed by atoms with E-state index in [0.29, 0.717) is 49.7 Å². The van der Waals surface area contributed by atoms with Crippen LogP contribution in [0.5, 0.6) is 0 Å². The first-order valence-corrected chi connectivity index (χ1v) is 9.27. The number of fused-ring (bicyclic) bond motifs is 3. The van der Waals surface area contributed by atoms with Gasteiger partial charge in [0.2, 0.25) is 5.91 Å². The molecule has 9 heteroatoms. The van der Waals surface area contributed by atoms with Crippen LogP contribution in [0, 0.1) is 0 Å². The number of unbranched alkanes of at least 4 members (excludes halogenated alkanes) is 1. The summed E-state index contributed by atoms with van der Waals surface area (Å²) in [4.78, 5) is 30.8. The highest BCUT2D eigenvalue weighted by atomic mass is 16.5. The Morgan fingerprint density at radius 3 is 2.62 bits per heavy atom. The molecule has 2 aromatic heterocycles. The van der Waals surface area contributed by atoms with Gasteiger partial charge in [-0.05, 0) is 31.0 Å². The molecular formula is C20H23N5O4. The molecule has 0 saturated carbocycles. The molecule has 0 bridgehead atoms. The second-order valence-electron chi connectivity index (χ2n) is 6.39. The lowest BCUT2D eigenvalue weighted by molar-refractivity contribution is 0.1000. The number of hydrogen-bond donors (Lipinski definition) is 3. The molecule has 0 aliphatic heterocycles. The van der Waals surface area contributed by atoms with Gasteiger partial charge in [0.15, 0.2) is 0 Å². The first kappa shape index (κ1) is 20.3. The number of ether oxygens (including phenoxy) is 2. The van der Waals surface area contributed by atoms with Crippen LogP contribution in [0.4, 0.5) is 10.6 Å². The van der Waals surface area contributed by atoms with E-state index in [9.17, 15) is 9.59 Å². The molecule has 9 nitrogen and oxygen atoms in total. The number of carbonyl (C=O) groups excluding carboxylic acids is 2. The molecule has 0 radical (unpaired) electrons.